The van der Waals surface area contributed by atoms with Crippen LogP contribution in [0.4, 0.5) is 0 Å². The molecule has 1 atom stereocenters. The molecule has 0 N–H and O–H groups in total. The van der Waals surface area contributed by atoms with Gasteiger partial charge in [0.05, 0.1) is 5.92 Å². The second-order valence-electron chi connectivity index (χ2n) is 8.10. The van der Waals surface area contributed by atoms with E-state index in [-0.39, 0.29) is 17.7 Å². The van der Waals surface area contributed by atoms with Crippen molar-refractivity contribution < 1.29 is 9.59 Å². The lowest BCUT2D eigenvalue weighted by molar-refractivity contribution is -0.137. The summed E-state index contributed by atoms with van der Waals surface area (Å²) in [6.07, 6.45) is 4.67. The molecule has 0 aliphatic carbocycles. The largest absolute Gasteiger partial charge is 0.340 e. The molecule has 2 heterocycles. The van der Waals surface area contributed by atoms with Gasteiger partial charge in [-0.25, -0.2) is 0 Å². The van der Waals surface area contributed by atoms with Crippen molar-refractivity contribution in [1.82, 2.24) is 14.7 Å². The zero-order chi connectivity index (χ0) is 20.8. The van der Waals surface area contributed by atoms with Gasteiger partial charge in [0.1, 0.15) is 0 Å². The van der Waals surface area contributed by atoms with Crippen LogP contribution in [0.2, 0.25) is 0 Å². The second-order valence-corrected chi connectivity index (χ2v) is 8.10. The van der Waals surface area contributed by atoms with Crippen LogP contribution in [-0.4, -0.2) is 65.8 Å². The number of benzene rings is 2. The Labute approximate surface area is 178 Å². The number of rotatable bonds is 6. The first-order valence-corrected chi connectivity index (χ1v) is 10.7. The molecule has 156 valence electrons. The molecule has 30 heavy (non-hydrogen) atoms. The van der Waals surface area contributed by atoms with E-state index < -0.39 is 0 Å². The third-order valence-corrected chi connectivity index (χ3v) is 5.94. The summed E-state index contributed by atoms with van der Waals surface area (Å²) >= 11 is 0. The minimum absolute atomic E-state index is 0.0851. The highest BCUT2D eigenvalue weighted by Gasteiger charge is 2.37. The van der Waals surface area contributed by atoms with E-state index in [1.807, 2.05) is 58.3 Å². The monoisotopic (exact) mass is 403 g/mol. The average Bonchev–Trinajstić information content (AvgIpc) is 3.15. The molecule has 0 saturated carbocycles. The topological polar surface area (TPSA) is 43.9 Å². The Hall–Kier alpha value is -2.92. The number of hydrogen-bond acceptors (Lipinski definition) is 3. The maximum absolute atomic E-state index is 13.0. The summed E-state index contributed by atoms with van der Waals surface area (Å²) in [6, 6.07) is 20.3. The molecule has 0 spiro atoms. The summed E-state index contributed by atoms with van der Waals surface area (Å²) < 4.78 is 0. The van der Waals surface area contributed by atoms with E-state index in [0.717, 1.165) is 38.3 Å². The Morgan fingerprint density at radius 3 is 2.30 bits per heavy atom. The first-order chi connectivity index (χ1) is 14.7. The number of hydrogen-bond donors (Lipinski definition) is 0. The SMILES string of the molecule is O=C1CC(C(=O)N2CCN(CC=Cc3ccccc3)CC2)CN1Cc1ccccc1. The van der Waals surface area contributed by atoms with Gasteiger partial charge in [-0.05, 0) is 11.1 Å². The van der Waals surface area contributed by atoms with E-state index >= 15 is 0 Å². The van der Waals surface area contributed by atoms with Crippen LogP contribution in [0.15, 0.2) is 66.7 Å². The van der Waals surface area contributed by atoms with E-state index in [1.54, 1.807) is 0 Å². The van der Waals surface area contributed by atoms with Gasteiger partial charge in [0.2, 0.25) is 11.8 Å². The molecule has 5 heteroatoms. The van der Waals surface area contributed by atoms with Gasteiger partial charge in [-0.3, -0.25) is 14.5 Å². The number of nitrogens with zero attached hydrogens (tertiary/aromatic N) is 3. The van der Waals surface area contributed by atoms with Crippen LogP contribution in [-0.2, 0) is 16.1 Å². The molecule has 2 aliphatic heterocycles. The van der Waals surface area contributed by atoms with E-state index in [0.29, 0.717) is 19.5 Å². The van der Waals surface area contributed by atoms with Crippen LogP contribution in [0, 0.1) is 5.92 Å². The average molecular weight is 404 g/mol. The molecule has 0 aromatic heterocycles. The molecule has 5 nitrogen and oxygen atoms in total. The van der Waals surface area contributed by atoms with Gasteiger partial charge < -0.3 is 9.80 Å². The number of amides is 2. The molecule has 2 fully saturated rings. The van der Waals surface area contributed by atoms with Crippen LogP contribution in [0.25, 0.3) is 6.08 Å². The Balaban J connectivity index is 1.23. The minimum atomic E-state index is -0.203. The van der Waals surface area contributed by atoms with Gasteiger partial charge in [-0.2, -0.15) is 0 Å². The third kappa shape index (κ3) is 5.16. The molecular weight excluding hydrogens is 374 g/mol. The Morgan fingerprint density at radius 1 is 0.933 bits per heavy atom. The zero-order valence-corrected chi connectivity index (χ0v) is 17.3. The van der Waals surface area contributed by atoms with Crippen LogP contribution in [0.3, 0.4) is 0 Å². The van der Waals surface area contributed by atoms with E-state index in [4.69, 9.17) is 0 Å². The molecule has 2 aromatic rings. The smallest absolute Gasteiger partial charge is 0.228 e. The van der Waals surface area contributed by atoms with Crippen molar-refractivity contribution >= 4 is 17.9 Å². The lowest BCUT2D eigenvalue weighted by Gasteiger charge is -2.35. The minimum Gasteiger partial charge on any atom is -0.340 e. The van der Waals surface area contributed by atoms with Crippen molar-refractivity contribution in [1.29, 1.82) is 0 Å². The molecule has 2 aromatic carbocycles. The van der Waals surface area contributed by atoms with Crippen molar-refractivity contribution in [3.63, 3.8) is 0 Å². The summed E-state index contributed by atoms with van der Waals surface area (Å²) in [4.78, 5) is 31.5. The predicted octanol–water partition coefficient (Wildman–Crippen LogP) is 2.89. The molecule has 0 radical (unpaired) electrons. The van der Waals surface area contributed by atoms with Gasteiger partial charge >= 0.3 is 0 Å². The zero-order valence-electron chi connectivity index (χ0n) is 17.3. The van der Waals surface area contributed by atoms with E-state index in [2.05, 4.69) is 29.2 Å². The van der Waals surface area contributed by atoms with E-state index in [9.17, 15) is 9.59 Å². The Kier molecular flexibility index (Phi) is 6.60. The summed E-state index contributed by atoms with van der Waals surface area (Å²) in [5, 5.41) is 0. The van der Waals surface area contributed by atoms with Crippen molar-refractivity contribution in [2.24, 2.45) is 5.92 Å². The van der Waals surface area contributed by atoms with Crippen LogP contribution < -0.4 is 0 Å². The van der Waals surface area contributed by atoms with Crippen LogP contribution in [0.5, 0.6) is 0 Å². The van der Waals surface area contributed by atoms with Gasteiger partial charge in [-0.1, -0.05) is 72.8 Å². The van der Waals surface area contributed by atoms with Crippen LogP contribution >= 0.6 is 0 Å². The molecule has 0 bridgehead atoms. The number of piperazine rings is 1. The quantitative estimate of drug-likeness (QED) is 0.745. The van der Waals surface area contributed by atoms with Crippen molar-refractivity contribution in [2.45, 2.75) is 13.0 Å². The van der Waals surface area contributed by atoms with Gasteiger partial charge in [0.15, 0.2) is 0 Å². The summed E-state index contributed by atoms with van der Waals surface area (Å²) in [5.41, 5.74) is 2.31. The Bertz CT molecular complexity index is 874. The number of likely N-dealkylation sites (tertiary alicyclic amines) is 1. The van der Waals surface area contributed by atoms with Crippen molar-refractivity contribution in [3.8, 4) is 0 Å². The fraction of sp³-hybridized carbons (Fsp3) is 0.360. The number of carbonyl (C=O) groups is 2. The standard InChI is InChI=1S/C25H29N3O2/c29-24-18-23(20-28(24)19-22-10-5-2-6-11-22)25(30)27-16-14-26(15-17-27)13-7-12-21-8-3-1-4-9-21/h1-12,23H,13-20H2. The highest BCUT2D eigenvalue weighted by molar-refractivity contribution is 5.89. The van der Waals surface area contributed by atoms with E-state index in [1.165, 1.54) is 5.56 Å². The molecule has 1 unspecified atom stereocenters. The fourth-order valence-corrected chi connectivity index (χ4v) is 4.21. The predicted molar refractivity (Wildman–Crippen MR) is 118 cm³/mol. The van der Waals surface area contributed by atoms with Crippen LogP contribution in [0.1, 0.15) is 17.5 Å². The van der Waals surface area contributed by atoms with Gasteiger partial charge in [0.25, 0.3) is 0 Å². The lowest BCUT2D eigenvalue weighted by Crippen LogP contribution is -2.50. The maximum Gasteiger partial charge on any atom is 0.228 e. The van der Waals surface area contributed by atoms with Gasteiger partial charge in [-0.15, -0.1) is 0 Å². The summed E-state index contributed by atoms with van der Waals surface area (Å²) in [7, 11) is 0. The third-order valence-electron chi connectivity index (χ3n) is 5.94. The molecule has 2 amide bonds. The molecule has 4 rings (SSSR count). The fourth-order valence-electron chi connectivity index (χ4n) is 4.21. The Morgan fingerprint density at radius 2 is 1.60 bits per heavy atom. The lowest BCUT2D eigenvalue weighted by atomic mass is 10.1. The van der Waals surface area contributed by atoms with Crippen molar-refractivity contribution in [2.75, 3.05) is 39.3 Å². The molecule has 2 aliphatic rings. The first kappa shape index (κ1) is 20.4. The summed E-state index contributed by atoms with van der Waals surface area (Å²) in [5.74, 6) is 0.0195. The summed E-state index contributed by atoms with van der Waals surface area (Å²) in [6.45, 7) is 5.24. The second kappa shape index (κ2) is 9.72. The highest BCUT2D eigenvalue weighted by Crippen LogP contribution is 2.23. The molecule has 2 saturated heterocycles. The highest BCUT2D eigenvalue weighted by atomic mass is 16.2. The number of carbonyl (C=O) groups excluding carboxylic acids is 2. The van der Waals surface area contributed by atoms with Crippen molar-refractivity contribution in [3.05, 3.63) is 77.9 Å². The molecular formula is C25H29N3O2. The maximum atomic E-state index is 13.0. The van der Waals surface area contributed by atoms with Gasteiger partial charge in [0, 0.05) is 52.2 Å². The normalized spacial score (nSPS) is 20.3. The first-order valence-electron chi connectivity index (χ1n) is 10.7.